The minimum atomic E-state index is -0.872. The van der Waals surface area contributed by atoms with Crippen molar-refractivity contribution in [3.8, 4) is 0 Å². The van der Waals surface area contributed by atoms with Crippen LogP contribution in [0.2, 0.25) is 0 Å². The van der Waals surface area contributed by atoms with Crippen molar-refractivity contribution in [1.29, 1.82) is 0 Å². The van der Waals surface area contributed by atoms with Crippen LogP contribution in [0.15, 0.2) is 0 Å². The normalized spacial score (nSPS) is 24.4. The van der Waals surface area contributed by atoms with Crippen molar-refractivity contribution >= 4 is 11.9 Å². The minimum absolute atomic E-state index is 0.0793. The molecule has 1 amide bonds. The maximum absolute atomic E-state index is 12.2. The zero-order valence-electron chi connectivity index (χ0n) is 10.3. The predicted octanol–water partition coefficient (Wildman–Crippen LogP) is 0.718. The summed E-state index contributed by atoms with van der Waals surface area (Å²) in [5.74, 6) is -1.95. The number of hydrogen-bond acceptors (Lipinski definition) is 3. The first-order valence-corrected chi connectivity index (χ1v) is 6.24. The van der Waals surface area contributed by atoms with Gasteiger partial charge >= 0.3 is 5.97 Å². The summed E-state index contributed by atoms with van der Waals surface area (Å²) in [6.45, 7) is 2.57. The molecule has 1 aliphatic rings. The lowest BCUT2D eigenvalue weighted by molar-refractivity contribution is -0.152. The number of aliphatic hydroxyl groups is 1. The van der Waals surface area contributed by atoms with Crippen molar-refractivity contribution < 1.29 is 19.8 Å². The minimum Gasteiger partial charge on any atom is -0.481 e. The van der Waals surface area contributed by atoms with E-state index in [0.29, 0.717) is 19.4 Å². The molecule has 0 heterocycles. The number of aliphatic carboxylic acids is 1. The Hall–Kier alpha value is -1.10. The van der Waals surface area contributed by atoms with Gasteiger partial charge in [0, 0.05) is 13.1 Å². The van der Waals surface area contributed by atoms with Gasteiger partial charge in [-0.2, -0.15) is 0 Å². The van der Waals surface area contributed by atoms with Crippen LogP contribution in [0.1, 0.15) is 32.6 Å². The van der Waals surface area contributed by atoms with E-state index >= 15 is 0 Å². The van der Waals surface area contributed by atoms with E-state index in [1.54, 1.807) is 4.90 Å². The van der Waals surface area contributed by atoms with Crippen LogP contribution in [0, 0.1) is 11.8 Å². The number of rotatable bonds is 5. The van der Waals surface area contributed by atoms with Crippen molar-refractivity contribution in [3.05, 3.63) is 0 Å². The molecule has 0 aromatic heterocycles. The highest BCUT2D eigenvalue weighted by molar-refractivity contribution is 5.85. The third-order valence-electron chi connectivity index (χ3n) is 3.46. The summed E-state index contributed by atoms with van der Waals surface area (Å²) in [5.41, 5.74) is 0. The fraction of sp³-hybridized carbons (Fsp3) is 0.833. The SMILES string of the molecule is CCN(CCO)C(=O)[C@@H]1CCCC[C@@H]1C(=O)O. The number of likely N-dealkylation sites (N-methyl/N-ethyl adjacent to an activating group) is 1. The van der Waals surface area contributed by atoms with Crippen LogP contribution in [0.4, 0.5) is 0 Å². The van der Waals surface area contributed by atoms with Gasteiger partial charge in [0.25, 0.3) is 0 Å². The smallest absolute Gasteiger partial charge is 0.307 e. The maximum Gasteiger partial charge on any atom is 0.307 e. The summed E-state index contributed by atoms with van der Waals surface area (Å²) in [6, 6.07) is 0. The summed E-state index contributed by atoms with van der Waals surface area (Å²) >= 11 is 0. The molecule has 0 aromatic carbocycles. The predicted molar refractivity (Wildman–Crippen MR) is 62.4 cm³/mol. The van der Waals surface area contributed by atoms with Gasteiger partial charge in [-0.3, -0.25) is 9.59 Å². The average molecular weight is 243 g/mol. The first-order chi connectivity index (χ1) is 8.11. The number of aliphatic hydroxyl groups excluding tert-OH is 1. The van der Waals surface area contributed by atoms with E-state index < -0.39 is 17.8 Å². The third-order valence-corrected chi connectivity index (χ3v) is 3.46. The van der Waals surface area contributed by atoms with Gasteiger partial charge in [0.15, 0.2) is 0 Å². The highest BCUT2D eigenvalue weighted by Crippen LogP contribution is 2.31. The van der Waals surface area contributed by atoms with Crippen LogP contribution >= 0.6 is 0 Å². The van der Waals surface area contributed by atoms with Crippen molar-refractivity contribution in [2.75, 3.05) is 19.7 Å². The number of nitrogens with zero attached hydrogens (tertiary/aromatic N) is 1. The first-order valence-electron chi connectivity index (χ1n) is 6.24. The Labute approximate surface area is 101 Å². The van der Waals surface area contributed by atoms with Crippen molar-refractivity contribution in [1.82, 2.24) is 4.90 Å². The molecule has 2 atom stereocenters. The molecule has 0 bridgehead atoms. The van der Waals surface area contributed by atoms with E-state index in [1.807, 2.05) is 6.92 Å². The standard InChI is InChI=1S/C12H21NO4/c1-2-13(7-8-14)11(15)9-5-3-4-6-10(9)12(16)17/h9-10,14H,2-8H2,1H3,(H,16,17)/t9-,10+/m1/s1. The zero-order valence-corrected chi connectivity index (χ0v) is 10.3. The second-order valence-corrected chi connectivity index (χ2v) is 4.48. The molecular formula is C12H21NO4. The summed E-state index contributed by atoms with van der Waals surface area (Å²) < 4.78 is 0. The number of hydrogen-bond donors (Lipinski definition) is 2. The molecule has 1 rings (SSSR count). The number of carbonyl (C=O) groups is 2. The highest BCUT2D eigenvalue weighted by atomic mass is 16.4. The second-order valence-electron chi connectivity index (χ2n) is 4.48. The molecule has 0 spiro atoms. The topological polar surface area (TPSA) is 77.8 Å². The Balaban J connectivity index is 2.73. The summed E-state index contributed by atoms with van der Waals surface area (Å²) in [4.78, 5) is 24.9. The van der Waals surface area contributed by atoms with E-state index in [0.717, 1.165) is 12.8 Å². The number of amides is 1. The van der Waals surface area contributed by atoms with Crippen LogP contribution in [-0.4, -0.2) is 46.7 Å². The molecular weight excluding hydrogens is 222 g/mol. The summed E-state index contributed by atoms with van der Waals surface area (Å²) in [7, 11) is 0. The summed E-state index contributed by atoms with van der Waals surface area (Å²) in [5, 5.41) is 18.0. The molecule has 2 N–H and O–H groups in total. The van der Waals surface area contributed by atoms with E-state index in [-0.39, 0.29) is 19.1 Å². The van der Waals surface area contributed by atoms with Gasteiger partial charge in [-0.1, -0.05) is 12.8 Å². The number of carbonyl (C=O) groups excluding carboxylic acids is 1. The Kier molecular flexibility index (Phi) is 5.41. The molecule has 5 nitrogen and oxygen atoms in total. The molecule has 1 saturated carbocycles. The van der Waals surface area contributed by atoms with Gasteiger partial charge in [0.05, 0.1) is 18.4 Å². The molecule has 0 aromatic rings. The van der Waals surface area contributed by atoms with Gasteiger partial charge < -0.3 is 15.1 Å². The molecule has 0 saturated heterocycles. The zero-order chi connectivity index (χ0) is 12.8. The Morgan fingerprint density at radius 3 is 2.29 bits per heavy atom. The van der Waals surface area contributed by atoms with E-state index in [1.165, 1.54) is 0 Å². The highest BCUT2D eigenvalue weighted by Gasteiger charge is 2.37. The van der Waals surface area contributed by atoms with Crippen LogP contribution in [0.5, 0.6) is 0 Å². The third kappa shape index (κ3) is 3.43. The Morgan fingerprint density at radius 1 is 1.24 bits per heavy atom. The largest absolute Gasteiger partial charge is 0.481 e. The molecule has 0 aliphatic heterocycles. The second kappa shape index (κ2) is 6.59. The molecule has 0 unspecified atom stereocenters. The van der Waals surface area contributed by atoms with Gasteiger partial charge in [0.1, 0.15) is 0 Å². The lowest BCUT2D eigenvalue weighted by Crippen LogP contribution is -2.43. The maximum atomic E-state index is 12.2. The van der Waals surface area contributed by atoms with Gasteiger partial charge in [-0.15, -0.1) is 0 Å². The first kappa shape index (κ1) is 14.0. The van der Waals surface area contributed by atoms with Gasteiger partial charge in [0.2, 0.25) is 5.91 Å². The van der Waals surface area contributed by atoms with Crippen molar-refractivity contribution in [2.24, 2.45) is 11.8 Å². The quantitative estimate of drug-likeness (QED) is 0.745. The van der Waals surface area contributed by atoms with Crippen LogP contribution < -0.4 is 0 Å². The van der Waals surface area contributed by atoms with Gasteiger partial charge in [-0.05, 0) is 19.8 Å². The monoisotopic (exact) mass is 243 g/mol. The number of carboxylic acids is 1. The lowest BCUT2D eigenvalue weighted by Gasteiger charge is -2.32. The summed E-state index contributed by atoms with van der Waals surface area (Å²) in [6.07, 6.45) is 3.03. The average Bonchev–Trinajstić information content (AvgIpc) is 2.35. The van der Waals surface area contributed by atoms with Crippen molar-refractivity contribution in [2.45, 2.75) is 32.6 Å². The molecule has 98 valence electrons. The van der Waals surface area contributed by atoms with Crippen LogP contribution in [-0.2, 0) is 9.59 Å². The van der Waals surface area contributed by atoms with Crippen molar-refractivity contribution in [3.63, 3.8) is 0 Å². The van der Waals surface area contributed by atoms with E-state index in [2.05, 4.69) is 0 Å². The van der Waals surface area contributed by atoms with Crippen LogP contribution in [0.25, 0.3) is 0 Å². The Bertz CT molecular complexity index is 280. The molecule has 1 fully saturated rings. The Morgan fingerprint density at radius 2 is 1.82 bits per heavy atom. The van der Waals surface area contributed by atoms with Crippen LogP contribution in [0.3, 0.4) is 0 Å². The van der Waals surface area contributed by atoms with E-state index in [4.69, 9.17) is 10.2 Å². The van der Waals surface area contributed by atoms with Gasteiger partial charge in [-0.25, -0.2) is 0 Å². The lowest BCUT2D eigenvalue weighted by atomic mass is 9.78. The fourth-order valence-corrected chi connectivity index (χ4v) is 2.50. The number of carboxylic acid groups (broad SMARTS) is 1. The fourth-order valence-electron chi connectivity index (χ4n) is 2.50. The molecule has 17 heavy (non-hydrogen) atoms. The molecule has 0 radical (unpaired) electrons. The van der Waals surface area contributed by atoms with E-state index in [9.17, 15) is 9.59 Å². The molecule has 5 heteroatoms. The molecule has 1 aliphatic carbocycles.